The van der Waals surface area contributed by atoms with Crippen molar-refractivity contribution in [3.8, 4) is 11.3 Å². The number of carbonyl (C=O) groups is 1. The first-order valence-corrected chi connectivity index (χ1v) is 8.83. The molecule has 27 heavy (non-hydrogen) atoms. The highest BCUT2D eigenvalue weighted by Gasteiger charge is 2.39. The average Bonchev–Trinajstić information content (AvgIpc) is 3.28. The lowest BCUT2D eigenvalue weighted by molar-refractivity contribution is 0.0697. The van der Waals surface area contributed by atoms with Crippen molar-refractivity contribution in [2.24, 2.45) is 0 Å². The molecule has 1 aromatic carbocycles. The van der Waals surface area contributed by atoms with Crippen LogP contribution in [0.1, 0.15) is 33.9 Å². The van der Waals surface area contributed by atoms with Crippen LogP contribution < -0.4 is 5.32 Å². The van der Waals surface area contributed by atoms with Crippen LogP contribution in [-0.4, -0.2) is 33.1 Å². The standard InChI is InChI=1S/C20H17N3O3S/c1-23-18(17(22-20(23)27)14-7-2-3-10-21-14)16-9-8-15(26-16)12-5-4-6-13(11-12)19(24)25/h2-11,17-18H,1H3,(H,22,27)(H,24,25)/t17-,18+/m0/s1. The molecule has 1 saturated heterocycles. The second-order valence-corrected chi connectivity index (χ2v) is 6.71. The molecule has 0 spiro atoms. The Kier molecular flexibility index (Phi) is 4.37. The van der Waals surface area contributed by atoms with E-state index in [-0.39, 0.29) is 17.6 Å². The van der Waals surface area contributed by atoms with Crippen molar-refractivity contribution in [2.75, 3.05) is 7.05 Å². The van der Waals surface area contributed by atoms with E-state index in [1.165, 1.54) is 0 Å². The van der Waals surface area contributed by atoms with Gasteiger partial charge in [0.25, 0.3) is 0 Å². The van der Waals surface area contributed by atoms with Crippen LogP contribution >= 0.6 is 12.2 Å². The van der Waals surface area contributed by atoms with Gasteiger partial charge in [0.1, 0.15) is 17.6 Å². The second-order valence-electron chi connectivity index (χ2n) is 6.33. The van der Waals surface area contributed by atoms with Crippen LogP contribution in [0.4, 0.5) is 0 Å². The van der Waals surface area contributed by atoms with E-state index >= 15 is 0 Å². The summed E-state index contributed by atoms with van der Waals surface area (Å²) < 4.78 is 6.10. The summed E-state index contributed by atoms with van der Waals surface area (Å²) in [7, 11) is 1.91. The molecule has 3 heterocycles. The number of rotatable bonds is 4. The molecule has 1 aliphatic rings. The van der Waals surface area contributed by atoms with Crippen molar-refractivity contribution in [3.05, 3.63) is 77.8 Å². The molecule has 2 atom stereocenters. The smallest absolute Gasteiger partial charge is 0.335 e. The van der Waals surface area contributed by atoms with Gasteiger partial charge >= 0.3 is 5.97 Å². The van der Waals surface area contributed by atoms with Crippen LogP contribution in [0.3, 0.4) is 0 Å². The van der Waals surface area contributed by atoms with Gasteiger partial charge in [-0.3, -0.25) is 4.98 Å². The summed E-state index contributed by atoms with van der Waals surface area (Å²) in [4.78, 5) is 17.6. The number of aromatic nitrogens is 1. The number of pyridine rings is 1. The highest BCUT2D eigenvalue weighted by molar-refractivity contribution is 7.80. The lowest BCUT2D eigenvalue weighted by Crippen LogP contribution is -2.24. The minimum Gasteiger partial charge on any atom is -0.478 e. The molecule has 0 aliphatic carbocycles. The molecule has 0 unspecified atom stereocenters. The number of hydrogen-bond donors (Lipinski definition) is 2. The predicted molar refractivity (Wildman–Crippen MR) is 104 cm³/mol. The van der Waals surface area contributed by atoms with Crippen LogP contribution in [0.5, 0.6) is 0 Å². The Bertz CT molecular complexity index is 1000. The van der Waals surface area contributed by atoms with Crippen molar-refractivity contribution in [3.63, 3.8) is 0 Å². The van der Waals surface area contributed by atoms with E-state index < -0.39 is 5.97 Å². The van der Waals surface area contributed by atoms with Gasteiger partial charge in [0.15, 0.2) is 5.11 Å². The Morgan fingerprint density at radius 3 is 2.81 bits per heavy atom. The average molecular weight is 379 g/mol. The Labute approximate surface area is 161 Å². The molecule has 0 radical (unpaired) electrons. The number of furan rings is 1. The minimum absolute atomic E-state index is 0.131. The van der Waals surface area contributed by atoms with Gasteiger partial charge < -0.3 is 19.7 Å². The number of likely N-dealkylation sites (N-methyl/N-ethyl adjacent to an activating group) is 1. The highest BCUT2D eigenvalue weighted by Crippen LogP contribution is 2.39. The molecule has 1 fully saturated rings. The molecule has 3 aromatic rings. The van der Waals surface area contributed by atoms with Crippen molar-refractivity contribution in [1.29, 1.82) is 0 Å². The Morgan fingerprint density at radius 2 is 2.07 bits per heavy atom. The number of thiocarbonyl (C=S) groups is 1. The van der Waals surface area contributed by atoms with Crippen LogP contribution in [0, 0.1) is 0 Å². The van der Waals surface area contributed by atoms with Gasteiger partial charge in [-0.25, -0.2) is 4.79 Å². The lowest BCUT2D eigenvalue weighted by Gasteiger charge is -2.21. The maximum atomic E-state index is 11.2. The maximum Gasteiger partial charge on any atom is 0.335 e. The molecular formula is C20H17N3O3S. The maximum absolute atomic E-state index is 11.2. The summed E-state index contributed by atoms with van der Waals surface area (Å²) in [6, 6.07) is 15.9. The summed E-state index contributed by atoms with van der Waals surface area (Å²) in [6.45, 7) is 0. The summed E-state index contributed by atoms with van der Waals surface area (Å²) in [5, 5.41) is 13.1. The molecule has 136 valence electrons. The zero-order chi connectivity index (χ0) is 19.0. The number of carboxylic acids is 1. The molecule has 2 aromatic heterocycles. The molecule has 1 aliphatic heterocycles. The number of nitrogens with zero attached hydrogens (tertiary/aromatic N) is 2. The quantitative estimate of drug-likeness (QED) is 0.670. The van der Waals surface area contributed by atoms with Crippen molar-refractivity contribution in [2.45, 2.75) is 12.1 Å². The van der Waals surface area contributed by atoms with E-state index in [2.05, 4.69) is 10.3 Å². The Morgan fingerprint density at radius 1 is 1.22 bits per heavy atom. The van der Waals surface area contributed by atoms with Gasteiger partial charge in [-0.2, -0.15) is 0 Å². The predicted octanol–water partition coefficient (Wildman–Crippen LogP) is 3.64. The first-order valence-electron chi connectivity index (χ1n) is 8.42. The molecule has 7 heteroatoms. The van der Waals surface area contributed by atoms with Crippen molar-refractivity contribution in [1.82, 2.24) is 15.2 Å². The van der Waals surface area contributed by atoms with Gasteiger partial charge in [0.05, 0.1) is 17.3 Å². The van der Waals surface area contributed by atoms with Gasteiger partial charge in [0.2, 0.25) is 0 Å². The van der Waals surface area contributed by atoms with E-state index in [9.17, 15) is 9.90 Å². The summed E-state index contributed by atoms with van der Waals surface area (Å²) in [5.41, 5.74) is 1.81. The Hall–Kier alpha value is -3.19. The summed E-state index contributed by atoms with van der Waals surface area (Å²) in [5.74, 6) is 0.374. The highest BCUT2D eigenvalue weighted by atomic mass is 32.1. The first kappa shape index (κ1) is 17.2. The van der Waals surface area contributed by atoms with Crippen molar-refractivity contribution >= 4 is 23.3 Å². The molecule has 0 amide bonds. The topological polar surface area (TPSA) is 78.6 Å². The molecule has 0 saturated carbocycles. The SMILES string of the molecule is CN1C(=S)N[C@@H](c2ccccn2)[C@H]1c1ccc(-c2cccc(C(=O)O)c2)o1. The molecule has 0 bridgehead atoms. The fourth-order valence-electron chi connectivity index (χ4n) is 3.29. The molecule has 2 N–H and O–H groups in total. The second kappa shape index (κ2) is 6.85. The zero-order valence-corrected chi connectivity index (χ0v) is 15.3. The van der Waals surface area contributed by atoms with Gasteiger partial charge in [0, 0.05) is 18.8 Å². The summed E-state index contributed by atoms with van der Waals surface area (Å²) in [6.07, 6.45) is 1.75. The molecule has 4 rings (SSSR count). The van der Waals surface area contributed by atoms with E-state index in [0.717, 1.165) is 11.5 Å². The number of hydrogen-bond acceptors (Lipinski definition) is 4. The molecule has 6 nitrogen and oxygen atoms in total. The van der Waals surface area contributed by atoms with Crippen LogP contribution in [0.15, 0.2) is 65.2 Å². The van der Waals surface area contributed by atoms with Crippen LogP contribution in [-0.2, 0) is 0 Å². The third kappa shape index (κ3) is 3.17. The number of carboxylic acid groups (broad SMARTS) is 1. The minimum atomic E-state index is -0.969. The third-order valence-electron chi connectivity index (χ3n) is 4.65. The molecular weight excluding hydrogens is 362 g/mol. The van der Waals surface area contributed by atoms with E-state index in [0.29, 0.717) is 16.4 Å². The monoisotopic (exact) mass is 379 g/mol. The number of aromatic carboxylic acids is 1. The number of benzene rings is 1. The normalized spacial score (nSPS) is 19.1. The van der Waals surface area contributed by atoms with E-state index in [4.69, 9.17) is 16.6 Å². The van der Waals surface area contributed by atoms with Gasteiger partial charge in [-0.1, -0.05) is 18.2 Å². The van der Waals surface area contributed by atoms with Crippen molar-refractivity contribution < 1.29 is 14.3 Å². The van der Waals surface area contributed by atoms with E-state index in [1.807, 2.05) is 48.3 Å². The van der Waals surface area contributed by atoms with Gasteiger partial charge in [-0.15, -0.1) is 0 Å². The Balaban J connectivity index is 1.70. The third-order valence-corrected chi connectivity index (χ3v) is 5.06. The summed E-state index contributed by atoms with van der Waals surface area (Å²) >= 11 is 5.42. The van der Waals surface area contributed by atoms with Crippen LogP contribution in [0.2, 0.25) is 0 Å². The zero-order valence-electron chi connectivity index (χ0n) is 14.5. The number of nitrogens with one attached hydrogen (secondary N) is 1. The van der Waals surface area contributed by atoms with Crippen LogP contribution in [0.25, 0.3) is 11.3 Å². The fraction of sp³-hybridized carbons (Fsp3) is 0.150. The fourth-order valence-corrected chi connectivity index (χ4v) is 3.53. The largest absolute Gasteiger partial charge is 0.478 e. The van der Waals surface area contributed by atoms with E-state index in [1.54, 1.807) is 24.4 Å². The lowest BCUT2D eigenvalue weighted by atomic mass is 10.0. The first-order chi connectivity index (χ1) is 13.0. The van der Waals surface area contributed by atoms with Gasteiger partial charge in [-0.05, 0) is 48.6 Å².